The molecule has 196 valence electrons. The molecule has 0 radical (unpaired) electrons. The summed E-state index contributed by atoms with van der Waals surface area (Å²) in [5, 5.41) is 7.65. The predicted octanol–water partition coefficient (Wildman–Crippen LogP) is 5.80. The van der Waals surface area contributed by atoms with E-state index in [-0.39, 0.29) is 10.8 Å². The van der Waals surface area contributed by atoms with Gasteiger partial charge >= 0.3 is 0 Å². The third kappa shape index (κ3) is 2.94. The number of nitrogens with one attached hydrogen (secondary N) is 2. The van der Waals surface area contributed by atoms with Gasteiger partial charge in [-0.15, -0.1) is 0 Å². The highest BCUT2D eigenvalue weighted by molar-refractivity contribution is 5.87. The lowest BCUT2D eigenvalue weighted by Gasteiger charge is -2.64. The molecule has 0 aromatic heterocycles. The Bertz CT molecular complexity index is 840. The van der Waals surface area contributed by atoms with Crippen LogP contribution in [-0.4, -0.2) is 17.5 Å². The van der Waals surface area contributed by atoms with Crippen LogP contribution in [0, 0.1) is 70.0 Å². The Hall–Kier alpha value is -1.06. The van der Waals surface area contributed by atoms with Gasteiger partial charge in [0.05, 0.1) is 10.8 Å². The average Bonchev–Trinajstić information content (AvgIpc) is 2.80. The van der Waals surface area contributed by atoms with Crippen LogP contribution in [0.5, 0.6) is 0 Å². The first-order valence-electron chi connectivity index (χ1n) is 16.0. The quantitative estimate of drug-likeness (QED) is 0.489. The SMILES string of the molecule is O=C(NC1(NC(=O)C23CC4CC(CC(C4)C2)C3)C2CC3CC(C2)CC1C3)C12CC3CC(CC(C3)C1)C2. The molecule has 0 heterocycles. The van der Waals surface area contributed by atoms with Crippen molar-refractivity contribution >= 4 is 11.8 Å². The van der Waals surface area contributed by atoms with Gasteiger partial charge < -0.3 is 10.6 Å². The fraction of sp³-hybridized carbons (Fsp3) is 0.938. The molecule has 0 aromatic carbocycles. The lowest BCUT2D eigenvalue weighted by molar-refractivity contribution is -0.167. The van der Waals surface area contributed by atoms with Crippen LogP contribution >= 0.6 is 0 Å². The van der Waals surface area contributed by atoms with E-state index in [1.54, 1.807) is 0 Å². The molecule has 0 aliphatic heterocycles. The third-order valence-corrected chi connectivity index (χ3v) is 14.1. The zero-order valence-electron chi connectivity index (χ0n) is 22.1. The van der Waals surface area contributed by atoms with Crippen LogP contribution in [0.15, 0.2) is 0 Å². The standard InChI is InChI=1S/C32H46N2O2/c35-28(30-12-20-2-21(13-30)4-22(3-20)14-30)33-32(26-8-18-1-19(10-26)11-27(32)9-18)34-29(36)31-15-23-5-24(16-31)7-25(6-23)17-31/h18-27H,1-17H2,(H,33,35)(H,34,36). The molecule has 12 bridgehead atoms. The highest BCUT2D eigenvalue weighted by Gasteiger charge is 2.63. The van der Waals surface area contributed by atoms with Crippen LogP contribution in [0.2, 0.25) is 0 Å². The Morgan fingerprint density at radius 3 is 1.00 bits per heavy atom. The molecule has 0 unspecified atom stereocenters. The Labute approximate surface area is 216 Å². The van der Waals surface area contributed by atoms with E-state index in [4.69, 9.17) is 0 Å². The molecule has 4 heteroatoms. The molecule has 2 amide bonds. The second kappa shape index (κ2) is 7.12. The Morgan fingerprint density at radius 1 is 0.417 bits per heavy atom. The topological polar surface area (TPSA) is 58.2 Å². The fourth-order valence-electron chi connectivity index (χ4n) is 13.8. The summed E-state index contributed by atoms with van der Waals surface area (Å²) in [7, 11) is 0. The van der Waals surface area contributed by atoms with Crippen LogP contribution in [0.1, 0.15) is 109 Å². The van der Waals surface area contributed by atoms with E-state index in [1.807, 2.05) is 0 Å². The van der Waals surface area contributed by atoms with Gasteiger partial charge in [0.15, 0.2) is 0 Å². The molecule has 36 heavy (non-hydrogen) atoms. The molecule has 12 aliphatic rings. The summed E-state index contributed by atoms with van der Waals surface area (Å²) in [6, 6.07) is 0. The minimum absolute atomic E-state index is 0.137. The van der Waals surface area contributed by atoms with Crippen LogP contribution in [0.4, 0.5) is 0 Å². The van der Waals surface area contributed by atoms with E-state index in [0.29, 0.717) is 23.7 Å². The molecule has 0 spiro atoms. The van der Waals surface area contributed by atoms with E-state index in [0.717, 1.165) is 85.9 Å². The van der Waals surface area contributed by atoms with Gasteiger partial charge in [0, 0.05) is 11.8 Å². The largest absolute Gasteiger partial charge is 0.332 e. The van der Waals surface area contributed by atoms with Gasteiger partial charge in [-0.05, 0) is 156 Å². The van der Waals surface area contributed by atoms with Gasteiger partial charge in [-0.2, -0.15) is 0 Å². The van der Waals surface area contributed by atoms with Crippen molar-refractivity contribution in [2.45, 2.75) is 115 Å². The van der Waals surface area contributed by atoms with Crippen LogP contribution in [-0.2, 0) is 9.59 Å². The fourth-order valence-corrected chi connectivity index (χ4v) is 13.8. The summed E-state index contributed by atoms with van der Waals surface area (Å²) in [5.41, 5.74) is -0.738. The molecule has 12 aliphatic carbocycles. The number of hydrogen-bond donors (Lipinski definition) is 2. The molecule has 2 N–H and O–H groups in total. The molecule has 12 fully saturated rings. The molecular weight excluding hydrogens is 444 g/mol. The second-order valence-corrected chi connectivity index (χ2v) is 16.5. The van der Waals surface area contributed by atoms with Crippen molar-refractivity contribution in [2.24, 2.45) is 70.0 Å². The minimum Gasteiger partial charge on any atom is -0.332 e. The van der Waals surface area contributed by atoms with E-state index in [1.165, 1.54) is 70.6 Å². The van der Waals surface area contributed by atoms with E-state index in [2.05, 4.69) is 10.6 Å². The maximum Gasteiger partial charge on any atom is 0.228 e. The molecule has 0 aromatic rings. The normalized spacial score (nSPS) is 58.9. The molecule has 0 atom stereocenters. The van der Waals surface area contributed by atoms with Crippen LogP contribution in [0.25, 0.3) is 0 Å². The number of rotatable bonds is 4. The Morgan fingerprint density at radius 2 is 0.694 bits per heavy atom. The van der Waals surface area contributed by atoms with Gasteiger partial charge in [-0.3, -0.25) is 9.59 Å². The molecule has 12 saturated carbocycles. The summed E-state index contributed by atoms with van der Waals surface area (Å²) < 4.78 is 0. The first-order valence-corrected chi connectivity index (χ1v) is 16.0. The zero-order chi connectivity index (χ0) is 23.9. The Kier molecular flexibility index (Phi) is 4.31. The summed E-state index contributed by atoms with van der Waals surface area (Å²) >= 11 is 0. The second-order valence-electron chi connectivity index (χ2n) is 16.5. The maximum absolute atomic E-state index is 14.5. The summed E-state index contributed by atoms with van der Waals surface area (Å²) in [4.78, 5) is 28.9. The summed E-state index contributed by atoms with van der Waals surface area (Å²) in [6.45, 7) is 0. The molecular formula is C32H46N2O2. The molecule has 12 rings (SSSR count). The predicted molar refractivity (Wildman–Crippen MR) is 137 cm³/mol. The molecule has 4 nitrogen and oxygen atoms in total. The van der Waals surface area contributed by atoms with Crippen molar-refractivity contribution in [3.05, 3.63) is 0 Å². The average molecular weight is 491 g/mol. The van der Waals surface area contributed by atoms with Gasteiger partial charge in [0.1, 0.15) is 5.66 Å². The smallest absolute Gasteiger partial charge is 0.228 e. The number of hydrogen-bond acceptors (Lipinski definition) is 2. The summed E-state index contributed by atoms with van der Waals surface area (Å²) in [6.07, 6.45) is 21.2. The van der Waals surface area contributed by atoms with Gasteiger partial charge in [-0.1, -0.05) is 0 Å². The van der Waals surface area contributed by atoms with Gasteiger partial charge in [-0.25, -0.2) is 0 Å². The van der Waals surface area contributed by atoms with Crippen LogP contribution in [0.3, 0.4) is 0 Å². The van der Waals surface area contributed by atoms with E-state index >= 15 is 0 Å². The maximum atomic E-state index is 14.5. The van der Waals surface area contributed by atoms with Crippen molar-refractivity contribution in [1.29, 1.82) is 0 Å². The van der Waals surface area contributed by atoms with Crippen molar-refractivity contribution in [1.82, 2.24) is 10.6 Å². The van der Waals surface area contributed by atoms with Gasteiger partial charge in [0.2, 0.25) is 11.8 Å². The lowest BCUT2D eigenvalue weighted by Crippen LogP contribution is -2.76. The first-order chi connectivity index (χ1) is 17.4. The van der Waals surface area contributed by atoms with E-state index < -0.39 is 5.66 Å². The molecule has 0 saturated heterocycles. The zero-order valence-corrected chi connectivity index (χ0v) is 22.1. The van der Waals surface area contributed by atoms with Gasteiger partial charge in [0.25, 0.3) is 0 Å². The summed E-state index contributed by atoms with van der Waals surface area (Å²) in [5.74, 6) is 7.90. The monoisotopic (exact) mass is 490 g/mol. The third-order valence-electron chi connectivity index (χ3n) is 14.1. The van der Waals surface area contributed by atoms with Crippen molar-refractivity contribution in [2.75, 3.05) is 0 Å². The highest BCUT2D eigenvalue weighted by Crippen LogP contribution is 2.63. The van der Waals surface area contributed by atoms with Crippen molar-refractivity contribution in [3.63, 3.8) is 0 Å². The number of carbonyl (C=O) groups excluding carboxylic acids is 2. The highest BCUT2D eigenvalue weighted by atomic mass is 16.2. The Balaban J connectivity index is 1.05. The number of amides is 2. The van der Waals surface area contributed by atoms with Crippen LogP contribution < -0.4 is 10.6 Å². The van der Waals surface area contributed by atoms with Crippen molar-refractivity contribution < 1.29 is 9.59 Å². The van der Waals surface area contributed by atoms with Crippen molar-refractivity contribution in [3.8, 4) is 0 Å². The minimum atomic E-state index is -0.464. The van der Waals surface area contributed by atoms with E-state index in [9.17, 15) is 9.59 Å². The lowest BCUT2D eigenvalue weighted by atomic mass is 9.48. The number of carbonyl (C=O) groups is 2. The first kappa shape index (κ1) is 21.8.